The summed E-state index contributed by atoms with van der Waals surface area (Å²) in [6.07, 6.45) is 3.78. The number of ketones is 2. The first-order valence-electron chi connectivity index (χ1n) is 7.98. The van der Waals surface area contributed by atoms with Gasteiger partial charge in [0.1, 0.15) is 5.70 Å². The van der Waals surface area contributed by atoms with E-state index in [4.69, 9.17) is 0 Å². The van der Waals surface area contributed by atoms with E-state index in [-0.39, 0.29) is 11.6 Å². The second-order valence-corrected chi connectivity index (χ2v) is 6.62. The van der Waals surface area contributed by atoms with Gasteiger partial charge < -0.3 is 4.90 Å². The van der Waals surface area contributed by atoms with E-state index in [2.05, 4.69) is 0 Å². The first-order valence-corrected chi connectivity index (χ1v) is 7.98. The summed E-state index contributed by atoms with van der Waals surface area (Å²) in [5.41, 5.74) is 2.41. The lowest BCUT2D eigenvalue weighted by atomic mass is 9.81. The van der Waals surface area contributed by atoms with Gasteiger partial charge in [0.2, 0.25) is 5.78 Å². The molecule has 24 heavy (non-hydrogen) atoms. The molecular weight excluding hydrogens is 298 g/mol. The van der Waals surface area contributed by atoms with Crippen molar-refractivity contribution in [2.75, 3.05) is 4.90 Å². The van der Waals surface area contributed by atoms with Gasteiger partial charge in [-0.3, -0.25) is 9.59 Å². The van der Waals surface area contributed by atoms with E-state index in [0.717, 1.165) is 5.69 Å². The normalized spacial score (nSPS) is 18.5. The van der Waals surface area contributed by atoms with Crippen molar-refractivity contribution >= 4 is 17.3 Å². The molecule has 0 saturated heterocycles. The number of para-hydroxylation sites is 1. The quantitative estimate of drug-likeness (QED) is 0.792. The zero-order valence-corrected chi connectivity index (χ0v) is 13.6. The van der Waals surface area contributed by atoms with E-state index in [1.165, 1.54) is 0 Å². The fourth-order valence-electron chi connectivity index (χ4n) is 3.45. The molecule has 1 aliphatic carbocycles. The molecule has 0 unspecified atom stereocenters. The standard InChI is InChI=1S/C21H17NO2/c1-21(2)13-12-17-18(22(21)14-8-4-3-5-9-14)20(24)16-11-7-6-10-15(16)19(17)23/h3-13H,1-2H3. The number of hydrogen-bond acceptors (Lipinski definition) is 3. The molecule has 0 saturated carbocycles. The summed E-state index contributed by atoms with van der Waals surface area (Å²) in [6, 6.07) is 16.8. The third-order valence-electron chi connectivity index (χ3n) is 4.60. The number of rotatable bonds is 1. The van der Waals surface area contributed by atoms with Crippen LogP contribution in [-0.4, -0.2) is 17.1 Å². The van der Waals surface area contributed by atoms with Crippen LogP contribution in [0.3, 0.4) is 0 Å². The molecule has 0 radical (unpaired) electrons. The number of fused-ring (bicyclic) bond motifs is 1. The maximum absolute atomic E-state index is 13.2. The van der Waals surface area contributed by atoms with Crippen molar-refractivity contribution in [3.63, 3.8) is 0 Å². The van der Waals surface area contributed by atoms with Gasteiger partial charge in [-0.15, -0.1) is 0 Å². The van der Waals surface area contributed by atoms with Crippen LogP contribution in [0.25, 0.3) is 0 Å². The van der Waals surface area contributed by atoms with Gasteiger partial charge in [-0.05, 0) is 26.0 Å². The van der Waals surface area contributed by atoms with Gasteiger partial charge in [0.05, 0.1) is 11.1 Å². The summed E-state index contributed by atoms with van der Waals surface area (Å²) in [5.74, 6) is -0.186. The zero-order chi connectivity index (χ0) is 16.9. The van der Waals surface area contributed by atoms with Gasteiger partial charge in [0.25, 0.3) is 0 Å². The smallest absolute Gasteiger partial charge is 0.210 e. The Morgan fingerprint density at radius 1 is 0.792 bits per heavy atom. The Labute approximate surface area is 140 Å². The third kappa shape index (κ3) is 1.98. The number of Topliss-reactive ketones (excluding diaryl/α,β-unsaturated/α-hetero) is 2. The highest BCUT2D eigenvalue weighted by Crippen LogP contribution is 2.39. The minimum atomic E-state index is -0.400. The van der Waals surface area contributed by atoms with Crippen molar-refractivity contribution in [3.8, 4) is 0 Å². The van der Waals surface area contributed by atoms with Crippen molar-refractivity contribution in [3.05, 3.63) is 89.1 Å². The highest BCUT2D eigenvalue weighted by molar-refractivity contribution is 6.29. The first-order chi connectivity index (χ1) is 11.5. The van der Waals surface area contributed by atoms with E-state index in [0.29, 0.717) is 22.4 Å². The SMILES string of the molecule is CC1(C)C=CC2=C(C(=O)c3ccccc3C2=O)N1c1ccccc1. The van der Waals surface area contributed by atoms with Gasteiger partial charge in [-0.2, -0.15) is 0 Å². The van der Waals surface area contributed by atoms with Crippen molar-refractivity contribution in [1.29, 1.82) is 0 Å². The Kier molecular flexibility index (Phi) is 3.07. The van der Waals surface area contributed by atoms with Crippen LogP contribution in [0, 0.1) is 0 Å². The Morgan fingerprint density at radius 3 is 2.04 bits per heavy atom. The third-order valence-corrected chi connectivity index (χ3v) is 4.60. The van der Waals surface area contributed by atoms with Crippen LogP contribution in [0.5, 0.6) is 0 Å². The van der Waals surface area contributed by atoms with Crippen molar-refractivity contribution in [2.45, 2.75) is 19.4 Å². The Bertz CT molecular complexity index is 920. The molecule has 3 heteroatoms. The molecule has 2 aliphatic rings. The lowest BCUT2D eigenvalue weighted by Gasteiger charge is -2.43. The van der Waals surface area contributed by atoms with Crippen LogP contribution < -0.4 is 4.90 Å². The molecule has 0 fully saturated rings. The van der Waals surface area contributed by atoms with Crippen LogP contribution in [0.1, 0.15) is 34.6 Å². The van der Waals surface area contributed by atoms with Crippen LogP contribution in [0.4, 0.5) is 5.69 Å². The van der Waals surface area contributed by atoms with Crippen LogP contribution in [0.15, 0.2) is 78.0 Å². The lowest BCUT2D eigenvalue weighted by Crippen LogP contribution is -2.48. The number of carbonyl (C=O) groups is 2. The molecule has 2 aromatic carbocycles. The monoisotopic (exact) mass is 315 g/mol. The molecule has 0 spiro atoms. The van der Waals surface area contributed by atoms with E-state index < -0.39 is 5.54 Å². The molecule has 0 N–H and O–H groups in total. The fourth-order valence-corrected chi connectivity index (χ4v) is 3.45. The number of anilines is 1. The van der Waals surface area contributed by atoms with Gasteiger partial charge in [-0.25, -0.2) is 0 Å². The summed E-state index contributed by atoms with van der Waals surface area (Å²) >= 11 is 0. The largest absolute Gasteiger partial charge is 0.329 e. The first kappa shape index (κ1) is 14.6. The fraction of sp³-hybridized carbons (Fsp3) is 0.143. The summed E-state index contributed by atoms with van der Waals surface area (Å²) in [5, 5.41) is 0. The predicted octanol–water partition coefficient (Wildman–Crippen LogP) is 4.17. The van der Waals surface area contributed by atoms with Gasteiger partial charge >= 0.3 is 0 Å². The average molecular weight is 315 g/mol. The topological polar surface area (TPSA) is 37.4 Å². The van der Waals surface area contributed by atoms with Crippen LogP contribution in [0.2, 0.25) is 0 Å². The van der Waals surface area contributed by atoms with E-state index in [9.17, 15) is 9.59 Å². The Balaban J connectivity index is 1.97. The lowest BCUT2D eigenvalue weighted by molar-refractivity contribution is 0.0972. The van der Waals surface area contributed by atoms with Gasteiger partial charge in [0, 0.05) is 16.8 Å². The average Bonchev–Trinajstić information content (AvgIpc) is 2.59. The molecule has 1 aliphatic heterocycles. The number of carbonyl (C=O) groups excluding carboxylic acids is 2. The Morgan fingerprint density at radius 2 is 1.38 bits per heavy atom. The van der Waals surface area contributed by atoms with Crippen molar-refractivity contribution in [2.24, 2.45) is 0 Å². The molecule has 0 bridgehead atoms. The highest BCUT2D eigenvalue weighted by atomic mass is 16.1. The van der Waals surface area contributed by atoms with Crippen molar-refractivity contribution < 1.29 is 9.59 Å². The van der Waals surface area contributed by atoms with Crippen LogP contribution >= 0.6 is 0 Å². The van der Waals surface area contributed by atoms with E-state index in [1.807, 2.05) is 55.2 Å². The maximum atomic E-state index is 13.2. The van der Waals surface area contributed by atoms with Crippen molar-refractivity contribution in [1.82, 2.24) is 0 Å². The molecule has 0 amide bonds. The molecular formula is C21H17NO2. The zero-order valence-electron chi connectivity index (χ0n) is 13.6. The van der Waals surface area contributed by atoms with Gasteiger partial charge in [0.15, 0.2) is 5.78 Å². The van der Waals surface area contributed by atoms with E-state index >= 15 is 0 Å². The highest BCUT2D eigenvalue weighted by Gasteiger charge is 2.41. The number of nitrogens with zero attached hydrogens (tertiary/aromatic N) is 1. The molecule has 0 atom stereocenters. The molecule has 3 nitrogen and oxygen atoms in total. The summed E-state index contributed by atoms with van der Waals surface area (Å²) < 4.78 is 0. The van der Waals surface area contributed by atoms with E-state index in [1.54, 1.807) is 30.3 Å². The minimum Gasteiger partial charge on any atom is -0.329 e. The predicted molar refractivity (Wildman–Crippen MR) is 94.3 cm³/mol. The minimum absolute atomic E-state index is 0.0899. The summed E-state index contributed by atoms with van der Waals surface area (Å²) in [6.45, 7) is 4.08. The number of benzene rings is 2. The molecule has 118 valence electrons. The molecule has 1 heterocycles. The molecule has 4 rings (SSSR count). The molecule has 2 aromatic rings. The number of hydrogen-bond donors (Lipinski definition) is 0. The molecule has 0 aromatic heterocycles. The summed E-state index contributed by atoms with van der Waals surface area (Å²) in [7, 11) is 0. The maximum Gasteiger partial charge on any atom is 0.210 e. The number of allylic oxidation sites excluding steroid dienone is 3. The van der Waals surface area contributed by atoms with Crippen LogP contribution in [-0.2, 0) is 0 Å². The second-order valence-electron chi connectivity index (χ2n) is 6.62. The second kappa shape index (κ2) is 5.03. The summed E-state index contributed by atoms with van der Waals surface area (Å²) in [4.78, 5) is 28.0. The Hall–Kier alpha value is -2.94. The van der Waals surface area contributed by atoms with Gasteiger partial charge in [-0.1, -0.05) is 54.6 Å².